The zero-order valence-electron chi connectivity index (χ0n) is 10.9. The van der Waals surface area contributed by atoms with E-state index in [-0.39, 0.29) is 15.8 Å². The van der Waals surface area contributed by atoms with Crippen LogP contribution in [0.15, 0.2) is 34.1 Å². The smallest absolute Gasteiger partial charge is 0.208 e. The van der Waals surface area contributed by atoms with Crippen molar-refractivity contribution in [1.29, 1.82) is 0 Å². The molecule has 5 nitrogen and oxygen atoms in total. The molecule has 1 unspecified atom stereocenters. The van der Waals surface area contributed by atoms with Crippen LogP contribution in [-0.4, -0.2) is 22.9 Å². The standard InChI is InChI=1S/C12H16ClNO4S2/c1-9(10-3-2-4-10)14-20(17,18)12-7-5-11(6-8-12)19(13,15)16/h5-10,14H,2-4H2,1H3. The predicted molar refractivity (Wildman–Crippen MR) is 76.6 cm³/mol. The van der Waals surface area contributed by atoms with Crippen molar-refractivity contribution in [1.82, 2.24) is 4.72 Å². The zero-order valence-corrected chi connectivity index (χ0v) is 13.3. The van der Waals surface area contributed by atoms with Crippen molar-refractivity contribution in [2.24, 2.45) is 5.92 Å². The molecule has 0 aromatic heterocycles. The summed E-state index contributed by atoms with van der Waals surface area (Å²) in [5.74, 6) is 0.382. The van der Waals surface area contributed by atoms with Crippen molar-refractivity contribution in [2.75, 3.05) is 0 Å². The van der Waals surface area contributed by atoms with Crippen molar-refractivity contribution >= 4 is 29.8 Å². The molecule has 0 bridgehead atoms. The Labute approximate surface area is 123 Å². The van der Waals surface area contributed by atoms with Crippen molar-refractivity contribution in [3.05, 3.63) is 24.3 Å². The summed E-state index contributed by atoms with van der Waals surface area (Å²) in [5.41, 5.74) is 0. The Morgan fingerprint density at radius 3 is 2.00 bits per heavy atom. The Morgan fingerprint density at radius 1 is 1.10 bits per heavy atom. The number of hydrogen-bond acceptors (Lipinski definition) is 4. The number of hydrogen-bond donors (Lipinski definition) is 1. The maximum atomic E-state index is 12.2. The monoisotopic (exact) mass is 337 g/mol. The molecule has 112 valence electrons. The molecule has 1 aliphatic rings. The summed E-state index contributed by atoms with van der Waals surface area (Å²) in [6.07, 6.45) is 3.21. The molecule has 0 heterocycles. The van der Waals surface area contributed by atoms with E-state index in [1.807, 2.05) is 6.92 Å². The van der Waals surface area contributed by atoms with E-state index in [2.05, 4.69) is 4.72 Å². The molecule has 1 saturated carbocycles. The molecule has 1 atom stereocenters. The van der Waals surface area contributed by atoms with Gasteiger partial charge in [-0.15, -0.1) is 0 Å². The quantitative estimate of drug-likeness (QED) is 0.834. The fraction of sp³-hybridized carbons (Fsp3) is 0.500. The molecular weight excluding hydrogens is 322 g/mol. The van der Waals surface area contributed by atoms with Gasteiger partial charge in [-0.3, -0.25) is 0 Å². The molecule has 1 aromatic rings. The first-order chi connectivity index (χ1) is 9.20. The minimum Gasteiger partial charge on any atom is -0.208 e. The van der Waals surface area contributed by atoms with Crippen molar-refractivity contribution in [3.8, 4) is 0 Å². The van der Waals surface area contributed by atoms with Gasteiger partial charge in [0.2, 0.25) is 10.0 Å². The molecule has 0 radical (unpaired) electrons. The van der Waals surface area contributed by atoms with E-state index in [1.54, 1.807) is 0 Å². The SMILES string of the molecule is CC(NS(=O)(=O)c1ccc(S(=O)(=O)Cl)cc1)C1CCC1. The second kappa shape index (κ2) is 5.63. The molecule has 0 amide bonds. The summed E-state index contributed by atoms with van der Waals surface area (Å²) in [7, 11) is -2.29. The van der Waals surface area contributed by atoms with E-state index >= 15 is 0 Å². The van der Waals surface area contributed by atoms with E-state index in [1.165, 1.54) is 24.3 Å². The Kier molecular flexibility index (Phi) is 4.44. The van der Waals surface area contributed by atoms with Crippen molar-refractivity contribution in [3.63, 3.8) is 0 Å². The Hall–Kier alpha value is -0.630. The lowest BCUT2D eigenvalue weighted by atomic mass is 9.81. The van der Waals surface area contributed by atoms with E-state index in [4.69, 9.17) is 10.7 Å². The summed E-state index contributed by atoms with van der Waals surface area (Å²) in [5, 5.41) is 0. The van der Waals surface area contributed by atoms with Crippen LogP contribution < -0.4 is 4.72 Å². The number of sulfonamides is 1. The largest absolute Gasteiger partial charge is 0.261 e. The van der Waals surface area contributed by atoms with Gasteiger partial charge in [0.25, 0.3) is 9.05 Å². The van der Waals surface area contributed by atoms with E-state index < -0.39 is 19.1 Å². The van der Waals surface area contributed by atoms with E-state index in [9.17, 15) is 16.8 Å². The van der Waals surface area contributed by atoms with E-state index in [0.717, 1.165) is 19.3 Å². The third kappa shape index (κ3) is 3.52. The molecule has 1 N–H and O–H groups in total. The lowest BCUT2D eigenvalue weighted by Crippen LogP contribution is -2.40. The Morgan fingerprint density at radius 2 is 1.60 bits per heavy atom. The predicted octanol–water partition coefficient (Wildman–Crippen LogP) is 2.08. The van der Waals surface area contributed by atoms with Crippen LogP contribution >= 0.6 is 10.7 Å². The molecular formula is C12H16ClNO4S2. The Balaban J connectivity index is 2.17. The normalized spacial score (nSPS) is 18.5. The average molecular weight is 338 g/mol. The third-order valence-electron chi connectivity index (χ3n) is 3.61. The van der Waals surface area contributed by atoms with Crippen molar-refractivity contribution < 1.29 is 16.8 Å². The summed E-state index contributed by atoms with van der Waals surface area (Å²) in [4.78, 5) is -0.0853. The van der Waals surface area contributed by atoms with Crippen LogP contribution in [0.25, 0.3) is 0 Å². The summed E-state index contributed by atoms with van der Waals surface area (Å²) < 4.78 is 49.1. The average Bonchev–Trinajstić information content (AvgIpc) is 2.24. The highest BCUT2D eigenvalue weighted by atomic mass is 35.7. The van der Waals surface area contributed by atoms with Gasteiger partial charge in [0.1, 0.15) is 0 Å². The number of rotatable bonds is 5. The van der Waals surface area contributed by atoms with Gasteiger partial charge in [-0.25, -0.2) is 21.6 Å². The van der Waals surface area contributed by atoms with Gasteiger partial charge < -0.3 is 0 Å². The fourth-order valence-electron chi connectivity index (χ4n) is 2.13. The zero-order chi connectivity index (χ0) is 15.0. The van der Waals surface area contributed by atoms with Gasteiger partial charge in [-0.05, 0) is 49.9 Å². The van der Waals surface area contributed by atoms with Gasteiger partial charge in [-0.1, -0.05) is 6.42 Å². The van der Waals surface area contributed by atoms with Gasteiger partial charge in [-0.2, -0.15) is 0 Å². The summed E-state index contributed by atoms with van der Waals surface area (Å²) in [6, 6.07) is 4.73. The van der Waals surface area contributed by atoms with Gasteiger partial charge >= 0.3 is 0 Å². The van der Waals surface area contributed by atoms with Gasteiger partial charge in [0, 0.05) is 16.7 Å². The van der Waals surface area contributed by atoms with Crippen LogP contribution in [0.2, 0.25) is 0 Å². The van der Waals surface area contributed by atoms with Gasteiger partial charge in [0.05, 0.1) is 9.79 Å². The summed E-state index contributed by atoms with van der Waals surface area (Å²) >= 11 is 0. The first-order valence-corrected chi connectivity index (χ1v) is 10.1. The minimum atomic E-state index is -3.84. The van der Waals surface area contributed by atoms with Crippen LogP contribution in [0.3, 0.4) is 0 Å². The van der Waals surface area contributed by atoms with Crippen LogP contribution in [0, 0.1) is 5.92 Å². The molecule has 1 fully saturated rings. The van der Waals surface area contributed by atoms with Gasteiger partial charge in [0.15, 0.2) is 0 Å². The lowest BCUT2D eigenvalue weighted by molar-refractivity contribution is 0.260. The molecule has 0 spiro atoms. The number of halogens is 1. The maximum Gasteiger partial charge on any atom is 0.261 e. The number of nitrogens with one attached hydrogen (secondary N) is 1. The van der Waals surface area contributed by atoms with Crippen LogP contribution in [-0.2, 0) is 19.1 Å². The van der Waals surface area contributed by atoms with E-state index in [0.29, 0.717) is 5.92 Å². The fourth-order valence-corrected chi connectivity index (χ4v) is 4.21. The molecule has 1 aliphatic carbocycles. The number of benzene rings is 1. The second-order valence-electron chi connectivity index (χ2n) is 5.01. The third-order valence-corrected chi connectivity index (χ3v) is 6.56. The molecule has 8 heteroatoms. The topological polar surface area (TPSA) is 80.3 Å². The molecule has 1 aromatic carbocycles. The van der Waals surface area contributed by atoms with Crippen LogP contribution in [0.5, 0.6) is 0 Å². The second-order valence-corrected chi connectivity index (χ2v) is 9.29. The first-order valence-electron chi connectivity index (χ1n) is 6.27. The molecule has 20 heavy (non-hydrogen) atoms. The Bertz CT molecular complexity index is 679. The highest BCUT2D eigenvalue weighted by Gasteiger charge is 2.28. The van der Waals surface area contributed by atoms with Crippen molar-refractivity contribution in [2.45, 2.75) is 42.0 Å². The highest BCUT2D eigenvalue weighted by molar-refractivity contribution is 8.13. The minimum absolute atomic E-state index is 0.0349. The molecule has 0 saturated heterocycles. The molecule has 2 rings (SSSR count). The first kappa shape index (κ1) is 15.8. The highest BCUT2D eigenvalue weighted by Crippen LogP contribution is 2.30. The lowest BCUT2D eigenvalue weighted by Gasteiger charge is -2.31. The van der Waals surface area contributed by atoms with Crippen LogP contribution in [0.4, 0.5) is 0 Å². The molecule has 0 aliphatic heterocycles. The summed E-state index contributed by atoms with van der Waals surface area (Å²) in [6.45, 7) is 1.85. The maximum absolute atomic E-state index is 12.2. The van der Waals surface area contributed by atoms with Crippen LogP contribution in [0.1, 0.15) is 26.2 Å².